The highest BCUT2D eigenvalue weighted by Gasteiger charge is 2.14. The van der Waals surface area contributed by atoms with Gasteiger partial charge in [-0.3, -0.25) is 4.98 Å². The van der Waals surface area contributed by atoms with E-state index < -0.39 is 0 Å². The number of methoxy groups -OCH3 is 1. The SMILES string of the molecule is CNc1nnc(-c2ncccc2OC)c2ccccc12. The van der Waals surface area contributed by atoms with Crippen molar-refractivity contribution in [1.82, 2.24) is 15.2 Å². The molecule has 1 aromatic carbocycles. The van der Waals surface area contributed by atoms with E-state index in [1.165, 1.54) is 0 Å². The molecule has 20 heavy (non-hydrogen) atoms. The van der Waals surface area contributed by atoms with Gasteiger partial charge in [0, 0.05) is 24.0 Å². The maximum atomic E-state index is 5.36. The highest BCUT2D eigenvalue weighted by Crippen LogP contribution is 2.32. The molecule has 1 N–H and O–H groups in total. The summed E-state index contributed by atoms with van der Waals surface area (Å²) in [7, 11) is 3.45. The van der Waals surface area contributed by atoms with Gasteiger partial charge in [-0.15, -0.1) is 10.2 Å². The lowest BCUT2D eigenvalue weighted by atomic mass is 10.1. The second-order valence-electron chi connectivity index (χ2n) is 4.25. The Morgan fingerprint density at radius 2 is 1.75 bits per heavy atom. The molecule has 0 amide bonds. The molecule has 0 radical (unpaired) electrons. The molecule has 0 aliphatic heterocycles. The third-order valence-corrected chi connectivity index (χ3v) is 3.14. The Kier molecular flexibility index (Phi) is 3.16. The van der Waals surface area contributed by atoms with Crippen LogP contribution in [0.25, 0.3) is 22.2 Å². The first-order valence-corrected chi connectivity index (χ1v) is 6.27. The molecular formula is C15H14N4O. The molecule has 0 aliphatic carbocycles. The molecule has 0 saturated carbocycles. The summed E-state index contributed by atoms with van der Waals surface area (Å²) in [4.78, 5) is 4.38. The number of nitrogens with zero attached hydrogens (tertiary/aromatic N) is 3. The zero-order valence-electron chi connectivity index (χ0n) is 11.3. The van der Waals surface area contributed by atoms with Crippen LogP contribution < -0.4 is 10.1 Å². The predicted octanol–water partition coefficient (Wildman–Crippen LogP) is 2.74. The van der Waals surface area contributed by atoms with Gasteiger partial charge in [-0.1, -0.05) is 24.3 Å². The minimum atomic E-state index is 0.684. The summed E-state index contributed by atoms with van der Waals surface area (Å²) in [6.07, 6.45) is 1.72. The number of rotatable bonds is 3. The Labute approximate surface area is 116 Å². The van der Waals surface area contributed by atoms with Crippen LogP contribution in [0.4, 0.5) is 5.82 Å². The Morgan fingerprint density at radius 3 is 2.50 bits per heavy atom. The number of nitrogens with one attached hydrogen (secondary N) is 1. The van der Waals surface area contributed by atoms with Gasteiger partial charge >= 0.3 is 0 Å². The van der Waals surface area contributed by atoms with Crippen molar-refractivity contribution in [3.8, 4) is 17.1 Å². The van der Waals surface area contributed by atoms with E-state index in [-0.39, 0.29) is 0 Å². The predicted molar refractivity (Wildman–Crippen MR) is 78.9 cm³/mol. The van der Waals surface area contributed by atoms with Gasteiger partial charge in [-0.2, -0.15) is 0 Å². The highest BCUT2D eigenvalue weighted by atomic mass is 16.5. The van der Waals surface area contributed by atoms with Crippen LogP contribution in [-0.4, -0.2) is 29.3 Å². The Hall–Kier alpha value is -2.69. The molecule has 0 unspecified atom stereocenters. The monoisotopic (exact) mass is 266 g/mol. The lowest BCUT2D eigenvalue weighted by molar-refractivity contribution is 0.414. The van der Waals surface area contributed by atoms with Crippen molar-refractivity contribution in [2.75, 3.05) is 19.5 Å². The number of ether oxygens (including phenoxy) is 1. The summed E-state index contributed by atoms with van der Waals surface area (Å²) in [5, 5.41) is 13.6. The van der Waals surface area contributed by atoms with Gasteiger partial charge in [-0.25, -0.2) is 0 Å². The molecule has 0 spiro atoms. The molecule has 5 heteroatoms. The molecule has 0 bridgehead atoms. The number of anilines is 1. The first-order chi connectivity index (χ1) is 9.85. The van der Waals surface area contributed by atoms with Gasteiger partial charge < -0.3 is 10.1 Å². The lowest BCUT2D eigenvalue weighted by Gasteiger charge is -2.10. The summed E-state index contributed by atoms with van der Waals surface area (Å²) >= 11 is 0. The summed E-state index contributed by atoms with van der Waals surface area (Å²) in [6.45, 7) is 0. The number of fused-ring (bicyclic) bond motifs is 1. The van der Waals surface area contributed by atoms with Crippen LogP contribution in [0.5, 0.6) is 5.75 Å². The van der Waals surface area contributed by atoms with E-state index >= 15 is 0 Å². The average molecular weight is 266 g/mol. The fourth-order valence-corrected chi connectivity index (χ4v) is 2.20. The zero-order chi connectivity index (χ0) is 13.9. The van der Waals surface area contributed by atoms with Crippen LogP contribution in [0, 0.1) is 0 Å². The first kappa shape index (κ1) is 12.3. The molecule has 0 aliphatic rings. The molecule has 3 aromatic rings. The van der Waals surface area contributed by atoms with E-state index in [2.05, 4.69) is 20.5 Å². The average Bonchev–Trinajstić information content (AvgIpc) is 2.53. The molecule has 100 valence electrons. The van der Waals surface area contributed by atoms with Crippen LogP contribution in [0.2, 0.25) is 0 Å². The maximum Gasteiger partial charge on any atom is 0.156 e. The van der Waals surface area contributed by atoms with E-state index in [9.17, 15) is 0 Å². The van der Waals surface area contributed by atoms with Crippen molar-refractivity contribution < 1.29 is 4.74 Å². The number of hydrogen-bond acceptors (Lipinski definition) is 5. The second kappa shape index (κ2) is 5.13. The number of aromatic nitrogens is 3. The quantitative estimate of drug-likeness (QED) is 0.789. The van der Waals surface area contributed by atoms with Gasteiger partial charge in [0.1, 0.15) is 17.1 Å². The molecule has 2 heterocycles. The van der Waals surface area contributed by atoms with E-state index in [1.54, 1.807) is 13.3 Å². The van der Waals surface area contributed by atoms with Crippen molar-refractivity contribution in [2.24, 2.45) is 0 Å². The molecule has 3 rings (SSSR count). The number of hydrogen-bond donors (Lipinski definition) is 1. The largest absolute Gasteiger partial charge is 0.494 e. The van der Waals surface area contributed by atoms with Crippen molar-refractivity contribution in [3.05, 3.63) is 42.6 Å². The smallest absolute Gasteiger partial charge is 0.156 e. The van der Waals surface area contributed by atoms with Gasteiger partial charge in [0.05, 0.1) is 7.11 Å². The van der Waals surface area contributed by atoms with Gasteiger partial charge in [0.15, 0.2) is 5.82 Å². The van der Waals surface area contributed by atoms with Crippen molar-refractivity contribution in [3.63, 3.8) is 0 Å². The molecule has 0 atom stereocenters. The normalized spacial score (nSPS) is 10.5. The maximum absolute atomic E-state index is 5.36. The van der Waals surface area contributed by atoms with Crippen LogP contribution in [0.1, 0.15) is 0 Å². The standard InChI is InChI=1S/C15H14N4O/c1-16-15-11-7-4-3-6-10(11)13(18-19-15)14-12(20-2)8-5-9-17-14/h3-9H,1-2H3,(H,16,19). The van der Waals surface area contributed by atoms with Gasteiger partial charge in [0.25, 0.3) is 0 Å². The Bertz CT molecular complexity index is 758. The Morgan fingerprint density at radius 1 is 0.950 bits per heavy atom. The van der Waals surface area contributed by atoms with E-state index in [4.69, 9.17) is 4.74 Å². The second-order valence-corrected chi connectivity index (χ2v) is 4.25. The number of benzene rings is 1. The van der Waals surface area contributed by atoms with Gasteiger partial charge in [-0.05, 0) is 12.1 Å². The minimum Gasteiger partial charge on any atom is -0.494 e. The van der Waals surface area contributed by atoms with E-state index in [1.807, 2.05) is 43.4 Å². The van der Waals surface area contributed by atoms with E-state index in [0.29, 0.717) is 11.4 Å². The number of pyridine rings is 1. The van der Waals surface area contributed by atoms with Crippen LogP contribution in [0.15, 0.2) is 42.6 Å². The third-order valence-electron chi connectivity index (χ3n) is 3.14. The molecular weight excluding hydrogens is 252 g/mol. The lowest BCUT2D eigenvalue weighted by Crippen LogP contribution is -2.00. The zero-order valence-corrected chi connectivity index (χ0v) is 11.3. The van der Waals surface area contributed by atoms with Crippen LogP contribution >= 0.6 is 0 Å². The fraction of sp³-hybridized carbons (Fsp3) is 0.133. The Balaban J connectivity index is 2.32. The summed E-state index contributed by atoms with van der Waals surface area (Å²) in [5.41, 5.74) is 1.42. The summed E-state index contributed by atoms with van der Waals surface area (Å²) in [5.74, 6) is 1.43. The fourth-order valence-electron chi connectivity index (χ4n) is 2.20. The first-order valence-electron chi connectivity index (χ1n) is 6.27. The summed E-state index contributed by atoms with van der Waals surface area (Å²) in [6, 6.07) is 11.7. The minimum absolute atomic E-state index is 0.684. The topological polar surface area (TPSA) is 59.9 Å². The highest BCUT2D eigenvalue weighted by molar-refractivity contribution is 6.00. The van der Waals surface area contributed by atoms with Crippen LogP contribution in [0.3, 0.4) is 0 Å². The third kappa shape index (κ3) is 1.93. The molecule has 5 nitrogen and oxygen atoms in total. The van der Waals surface area contributed by atoms with Crippen molar-refractivity contribution >= 4 is 16.6 Å². The molecule has 0 saturated heterocycles. The molecule has 0 fully saturated rings. The summed E-state index contributed by atoms with van der Waals surface area (Å²) < 4.78 is 5.36. The van der Waals surface area contributed by atoms with E-state index in [0.717, 1.165) is 22.3 Å². The van der Waals surface area contributed by atoms with Crippen molar-refractivity contribution in [2.45, 2.75) is 0 Å². The van der Waals surface area contributed by atoms with Crippen molar-refractivity contribution in [1.29, 1.82) is 0 Å². The molecule has 2 aromatic heterocycles. The van der Waals surface area contributed by atoms with Crippen LogP contribution in [-0.2, 0) is 0 Å². The van der Waals surface area contributed by atoms with Gasteiger partial charge in [0.2, 0.25) is 0 Å².